The lowest BCUT2D eigenvalue weighted by Crippen LogP contribution is -2.30. The standard InChI is InChI=1S/C30H30FN5O2S/c1-30(2,3)28(37)33-21-15-14-19(18-25(21)38-4)36-27(26(34-29(36)39)22-11-7-8-16-32-22)24-13-9-17-35(24)23-12-6-5-10-20(23)31/h5-18,26-27H,1-4H3,(H,33,37)(H,34,39). The molecule has 1 saturated heterocycles. The van der Waals surface area contributed by atoms with Gasteiger partial charge in [-0.2, -0.15) is 0 Å². The number of benzene rings is 2. The molecule has 0 saturated carbocycles. The van der Waals surface area contributed by atoms with Crippen LogP contribution in [-0.2, 0) is 4.79 Å². The van der Waals surface area contributed by atoms with Gasteiger partial charge in [0, 0.05) is 35.3 Å². The molecule has 5 rings (SSSR count). The van der Waals surface area contributed by atoms with Gasteiger partial charge in [0.1, 0.15) is 17.6 Å². The molecule has 2 atom stereocenters. The van der Waals surface area contributed by atoms with Crippen molar-refractivity contribution in [3.63, 3.8) is 0 Å². The number of pyridine rings is 1. The van der Waals surface area contributed by atoms with Crippen LogP contribution in [0.4, 0.5) is 15.8 Å². The summed E-state index contributed by atoms with van der Waals surface area (Å²) in [6.45, 7) is 5.56. The molecule has 0 radical (unpaired) electrons. The SMILES string of the molecule is COc1cc(N2C(=S)NC(c3ccccn3)C2c2cccn2-c2ccccc2F)ccc1NC(=O)C(C)(C)C. The third-order valence-electron chi connectivity index (χ3n) is 6.69. The zero-order valence-corrected chi connectivity index (χ0v) is 23.0. The molecule has 1 fully saturated rings. The van der Waals surface area contributed by atoms with Gasteiger partial charge in [-0.3, -0.25) is 9.78 Å². The number of halogens is 1. The molecule has 0 aliphatic carbocycles. The van der Waals surface area contributed by atoms with Gasteiger partial charge in [-0.15, -0.1) is 0 Å². The highest BCUT2D eigenvalue weighted by Gasteiger charge is 2.42. The van der Waals surface area contributed by atoms with Crippen LogP contribution in [0.5, 0.6) is 5.75 Å². The summed E-state index contributed by atoms with van der Waals surface area (Å²) in [7, 11) is 1.56. The molecular weight excluding hydrogens is 513 g/mol. The Balaban J connectivity index is 1.62. The number of aromatic nitrogens is 2. The zero-order valence-electron chi connectivity index (χ0n) is 22.2. The Labute approximate surface area is 232 Å². The minimum Gasteiger partial charge on any atom is -0.494 e. The van der Waals surface area contributed by atoms with Crippen molar-refractivity contribution in [2.45, 2.75) is 32.9 Å². The fourth-order valence-electron chi connectivity index (χ4n) is 4.68. The van der Waals surface area contributed by atoms with Crippen LogP contribution in [0, 0.1) is 11.2 Å². The number of nitrogens with one attached hydrogen (secondary N) is 2. The second-order valence-corrected chi connectivity index (χ2v) is 10.7. The first-order chi connectivity index (χ1) is 18.7. The Kier molecular flexibility index (Phi) is 7.10. The summed E-state index contributed by atoms with van der Waals surface area (Å²) < 4.78 is 22.4. The molecule has 0 spiro atoms. The highest BCUT2D eigenvalue weighted by molar-refractivity contribution is 7.80. The quantitative estimate of drug-likeness (QED) is 0.283. The summed E-state index contributed by atoms with van der Waals surface area (Å²) in [5.41, 5.74) is 2.81. The van der Waals surface area contributed by atoms with E-state index in [-0.39, 0.29) is 23.8 Å². The number of nitrogens with zero attached hydrogens (tertiary/aromatic N) is 3. The van der Waals surface area contributed by atoms with Crippen LogP contribution in [0.2, 0.25) is 0 Å². The molecule has 1 aliphatic heterocycles. The predicted octanol–water partition coefficient (Wildman–Crippen LogP) is 6.18. The number of anilines is 2. The first-order valence-corrected chi connectivity index (χ1v) is 13.0. The molecule has 2 unspecified atom stereocenters. The lowest BCUT2D eigenvalue weighted by molar-refractivity contribution is -0.123. The van der Waals surface area contributed by atoms with Crippen LogP contribution in [0.15, 0.2) is 85.2 Å². The number of ether oxygens (including phenoxy) is 1. The molecule has 200 valence electrons. The first-order valence-electron chi connectivity index (χ1n) is 12.6. The van der Waals surface area contributed by atoms with Crippen LogP contribution in [0.25, 0.3) is 5.69 Å². The zero-order chi connectivity index (χ0) is 27.7. The van der Waals surface area contributed by atoms with Gasteiger partial charge in [-0.25, -0.2) is 4.39 Å². The highest BCUT2D eigenvalue weighted by Crippen LogP contribution is 2.44. The fraction of sp³-hybridized carbons (Fsp3) is 0.233. The molecular formula is C30H30FN5O2S. The third kappa shape index (κ3) is 5.09. The van der Waals surface area contributed by atoms with Gasteiger partial charge in [0.25, 0.3) is 0 Å². The summed E-state index contributed by atoms with van der Waals surface area (Å²) in [6, 6.07) is 21.1. The summed E-state index contributed by atoms with van der Waals surface area (Å²) >= 11 is 5.86. The van der Waals surface area contributed by atoms with Gasteiger partial charge in [0.2, 0.25) is 5.91 Å². The van der Waals surface area contributed by atoms with Crippen molar-refractivity contribution in [1.82, 2.24) is 14.9 Å². The molecule has 1 aliphatic rings. The van der Waals surface area contributed by atoms with E-state index < -0.39 is 5.41 Å². The molecule has 39 heavy (non-hydrogen) atoms. The summed E-state index contributed by atoms with van der Waals surface area (Å²) in [5, 5.41) is 6.88. The largest absolute Gasteiger partial charge is 0.494 e. The van der Waals surface area contributed by atoms with Crippen molar-refractivity contribution in [2.75, 3.05) is 17.3 Å². The fourth-order valence-corrected chi connectivity index (χ4v) is 5.02. The van der Waals surface area contributed by atoms with Crippen molar-refractivity contribution in [2.24, 2.45) is 5.41 Å². The van der Waals surface area contributed by atoms with E-state index in [4.69, 9.17) is 17.0 Å². The maximum atomic E-state index is 14.9. The number of hydrogen-bond donors (Lipinski definition) is 2. The number of rotatable bonds is 6. The molecule has 4 aromatic rings. The molecule has 2 N–H and O–H groups in total. The minimum atomic E-state index is -0.566. The number of amides is 1. The van der Waals surface area contributed by atoms with E-state index in [2.05, 4.69) is 15.6 Å². The Morgan fingerprint density at radius 3 is 2.54 bits per heavy atom. The van der Waals surface area contributed by atoms with Gasteiger partial charge < -0.3 is 24.8 Å². The summed E-state index contributed by atoms with van der Waals surface area (Å²) in [6.07, 6.45) is 3.58. The number of hydrogen-bond acceptors (Lipinski definition) is 4. The molecule has 3 heterocycles. The van der Waals surface area contributed by atoms with Crippen LogP contribution in [0.1, 0.15) is 44.2 Å². The molecule has 1 amide bonds. The van der Waals surface area contributed by atoms with Crippen molar-refractivity contribution >= 4 is 34.6 Å². The number of carbonyl (C=O) groups is 1. The normalized spacial score (nSPS) is 17.2. The van der Waals surface area contributed by atoms with Gasteiger partial charge in [0.05, 0.1) is 30.2 Å². The minimum absolute atomic E-state index is 0.122. The molecule has 9 heteroatoms. The Morgan fingerprint density at radius 1 is 1.08 bits per heavy atom. The smallest absolute Gasteiger partial charge is 0.229 e. The maximum Gasteiger partial charge on any atom is 0.229 e. The van der Waals surface area contributed by atoms with E-state index >= 15 is 0 Å². The number of methoxy groups -OCH3 is 1. The Morgan fingerprint density at radius 2 is 1.85 bits per heavy atom. The summed E-state index contributed by atoms with van der Waals surface area (Å²) in [5.74, 6) is 0.0465. The van der Waals surface area contributed by atoms with Gasteiger partial charge in [0.15, 0.2) is 5.11 Å². The summed E-state index contributed by atoms with van der Waals surface area (Å²) in [4.78, 5) is 19.2. The van der Waals surface area contributed by atoms with Crippen molar-refractivity contribution in [3.8, 4) is 11.4 Å². The van der Waals surface area contributed by atoms with Crippen LogP contribution in [0.3, 0.4) is 0 Å². The maximum absolute atomic E-state index is 14.9. The Hall–Kier alpha value is -4.24. The highest BCUT2D eigenvalue weighted by atomic mass is 32.1. The van der Waals surface area contributed by atoms with Gasteiger partial charge in [-0.05, 0) is 60.7 Å². The number of thiocarbonyl (C=S) groups is 1. The topological polar surface area (TPSA) is 71.4 Å². The van der Waals surface area contributed by atoms with E-state index in [1.165, 1.54) is 6.07 Å². The lowest BCUT2D eigenvalue weighted by atomic mass is 9.95. The van der Waals surface area contributed by atoms with E-state index in [0.29, 0.717) is 22.2 Å². The van der Waals surface area contributed by atoms with E-state index in [0.717, 1.165) is 17.1 Å². The third-order valence-corrected chi connectivity index (χ3v) is 7.00. The Bertz CT molecular complexity index is 1520. The van der Waals surface area contributed by atoms with Gasteiger partial charge >= 0.3 is 0 Å². The van der Waals surface area contributed by atoms with E-state index in [1.54, 1.807) is 25.4 Å². The average molecular weight is 544 g/mol. The lowest BCUT2D eigenvalue weighted by Gasteiger charge is -2.29. The average Bonchev–Trinajstić information content (AvgIpc) is 3.53. The molecule has 0 bridgehead atoms. The second kappa shape index (κ2) is 10.5. The predicted molar refractivity (Wildman–Crippen MR) is 155 cm³/mol. The van der Waals surface area contributed by atoms with Crippen molar-refractivity contribution in [1.29, 1.82) is 0 Å². The van der Waals surface area contributed by atoms with Crippen LogP contribution < -0.4 is 20.3 Å². The molecule has 2 aromatic carbocycles. The number of para-hydroxylation sites is 1. The van der Waals surface area contributed by atoms with Crippen molar-refractivity contribution in [3.05, 3.63) is 102 Å². The molecule has 2 aromatic heterocycles. The number of carbonyl (C=O) groups excluding carboxylic acids is 1. The second-order valence-electron chi connectivity index (χ2n) is 10.3. The van der Waals surface area contributed by atoms with Crippen LogP contribution >= 0.6 is 12.2 Å². The molecule has 7 nitrogen and oxygen atoms in total. The van der Waals surface area contributed by atoms with Crippen LogP contribution in [-0.4, -0.2) is 27.7 Å². The first kappa shape index (κ1) is 26.4. The van der Waals surface area contributed by atoms with Gasteiger partial charge in [-0.1, -0.05) is 39.0 Å². The van der Waals surface area contributed by atoms with E-state index in [1.807, 2.05) is 91.0 Å². The van der Waals surface area contributed by atoms with E-state index in [9.17, 15) is 9.18 Å². The monoisotopic (exact) mass is 543 g/mol. The van der Waals surface area contributed by atoms with Crippen molar-refractivity contribution < 1.29 is 13.9 Å².